The maximum atomic E-state index is 13.3. The molecule has 1 N–H and O–H groups in total. The Bertz CT molecular complexity index is 854. The Balaban J connectivity index is 1.69. The number of aromatic nitrogens is 2. The summed E-state index contributed by atoms with van der Waals surface area (Å²) in [6.07, 6.45) is 1.70. The molecule has 0 saturated carbocycles. The number of likely N-dealkylation sites (tertiary alicyclic amines) is 1. The second kappa shape index (κ2) is 7.90. The van der Waals surface area contributed by atoms with Crippen LogP contribution in [0.15, 0.2) is 24.3 Å². The monoisotopic (exact) mass is 372 g/mol. The highest BCUT2D eigenvalue weighted by Gasteiger charge is 2.26. The Morgan fingerprint density at radius 2 is 1.96 bits per heavy atom. The Labute approximate surface area is 158 Å². The summed E-state index contributed by atoms with van der Waals surface area (Å²) in [6.45, 7) is 7.08. The number of halogens is 1. The van der Waals surface area contributed by atoms with Gasteiger partial charge in [0, 0.05) is 38.3 Å². The molecule has 2 amide bonds. The van der Waals surface area contributed by atoms with Gasteiger partial charge in [0.2, 0.25) is 5.91 Å². The van der Waals surface area contributed by atoms with E-state index in [9.17, 15) is 14.0 Å². The topological polar surface area (TPSA) is 67.2 Å². The van der Waals surface area contributed by atoms with Crippen LogP contribution in [0.4, 0.5) is 4.39 Å². The van der Waals surface area contributed by atoms with Crippen LogP contribution in [0.5, 0.6) is 0 Å². The molecule has 0 aliphatic carbocycles. The molecule has 0 bridgehead atoms. The fourth-order valence-electron chi connectivity index (χ4n) is 3.76. The molecule has 6 nitrogen and oxygen atoms in total. The number of amides is 2. The van der Waals surface area contributed by atoms with Crippen LogP contribution in [0.2, 0.25) is 0 Å². The van der Waals surface area contributed by atoms with Gasteiger partial charge >= 0.3 is 0 Å². The molecule has 0 radical (unpaired) electrons. The number of carbonyl (C=O) groups excluding carboxylic acids is 2. The van der Waals surface area contributed by atoms with Crippen molar-refractivity contribution in [3.8, 4) is 0 Å². The van der Waals surface area contributed by atoms with Gasteiger partial charge in [-0.05, 0) is 44.4 Å². The smallest absolute Gasteiger partial charge is 0.272 e. The van der Waals surface area contributed by atoms with E-state index in [4.69, 9.17) is 0 Å². The zero-order valence-corrected chi connectivity index (χ0v) is 16.0. The molecule has 1 aromatic heterocycles. The van der Waals surface area contributed by atoms with Gasteiger partial charge < -0.3 is 14.8 Å². The summed E-state index contributed by atoms with van der Waals surface area (Å²) in [5, 5.41) is 2.81. The minimum absolute atomic E-state index is 0.102. The van der Waals surface area contributed by atoms with Gasteiger partial charge in [0.05, 0.1) is 0 Å². The van der Waals surface area contributed by atoms with E-state index in [2.05, 4.69) is 14.9 Å². The third-order valence-corrected chi connectivity index (χ3v) is 5.16. The first kappa shape index (κ1) is 19.1. The van der Waals surface area contributed by atoms with E-state index in [1.165, 1.54) is 12.1 Å². The number of rotatable bonds is 4. The maximum absolute atomic E-state index is 13.3. The van der Waals surface area contributed by atoms with Gasteiger partial charge in [-0.2, -0.15) is 0 Å². The third-order valence-electron chi connectivity index (χ3n) is 5.16. The largest absolute Gasteiger partial charge is 0.347 e. The second-order valence-electron chi connectivity index (χ2n) is 7.01. The Morgan fingerprint density at radius 1 is 1.26 bits per heavy atom. The van der Waals surface area contributed by atoms with Crippen molar-refractivity contribution in [3.63, 3.8) is 0 Å². The summed E-state index contributed by atoms with van der Waals surface area (Å²) >= 11 is 0. The number of nitrogens with zero attached hydrogens (tertiary/aromatic N) is 3. The fourth-order valence-corrected chi connectivity index (χ4v) is 3.76. The van der Waals surface area contributed by atoms with Gasteiger partial charge in [-0.15, -0.1) is 0 Å². The number of aryl methyl sites for hydroxylation is 1. The fraction of sp³-hybridized carbons (Fsp3) is 0.450. The molecule has 1 saturated heterocycles. The molecule has 0 spiro atoms. The average molecular weight is 372 g/mol. The molecule has 1 aromatic carbocycles. The number of carbonyl (C=O) groups is 2. The van der Waals surface area contributed by atoms with Crippen molar-refractivity contribution in [1.29, 1.82) is 0 Å². The van der Waals surface area contributed by atoms with Gasteiger partial charge in [0.15, 0.2) is 0 Å². The van der Waals surface area contributed by atoms with Crippen LogP contribution in [0.1, 0.15) is 53.4 Å². The quantitative estimate of drug-likeness (QED) is 0.897. The molecule has 2 heterocycles. The van der Waals surface area contributed by atoms with Crippen LogP contribution >= 0.6 is 0 Å². The van der Waals surface area contributed by atoms with Crippen LogP contribution in [0, 0.1) is 19.7 Å². The summed E-state index contributed by atoms with van der Waals surface area (Å²) in [4.78, 5) is 30.4. The average Bonchev–Trinajstić information content (AvgIpc) is 2.94. The van der Waals surface area contributed by atoms with Crippen molar-refractivity contribution in [2.45, 2.75) is 46.2 Å². The van der Waals surface area contributed by atoms with E-state index in [0.717, 1.165) is 37.4 Å². The highest BCUT2D eigenvalue weighted by Crippen LogP contribution is 2.27. The van der Waals surface area contributed by atoms with E-state index in [1.54, 1.807) is 19.1 Å². The molecule has 0 atom stereocenters. The Kier molecular flexibility index (Phi) is 5.58. The highest BCUT2D eigenvalue weighted by atomic mass is 19.1. The predicted octanol–water partition coefficient (Wildman–Crippen LogP) is 2.75. The molecule has 27 heavy (non-hydrogen) atoms. The molecule has 1 aliphatic heterocycles. The molecule has 7 heteroatoms. The van der Waals surface area contributed by atoms with Crippen molar-refractivity contribution < 1.29 is 14.0 Å². The van der Waals surface area contributed by atoms with Crippen LogP contribution in [0.3, 0.4) is 0 Å². The van der Waals surface area contributed by atoms with Crippen molar-refractivity contribution in [1.82, 2.24) is 19.8 Å². The van der Waals surface area contributed by atoms with E-state index >= 15 is 0 Å². The number of nitrogens with one attached hydrogen (secondary N) is 1. The van der Waals surface area contributed by atoms with Crippen molar-refractivity contribution in [2.24, 2.45) is 0 Å². The lowest BCUT2D eigenvalue weighted by atomic mass is 10.0. The van der Waals surface area contributed by atoms with E-state index in [0.29, 0.717) is 11.3 Å². The molecule has 0 unspecified atom stereocenters. The van der Waals surface area contributed by atoms with Gasteiger partial charge in [0.25, 0.3) is 5.91 Å². The van der Waals surface area contributed by atoms with E-state index in [-0.39, 0.29) is 30.2 Å². The van der Waals surface area contributed by atoms with Gasteiger partial charge in [-0.3, -0.25) is 9.59 Å². The molecule has 1 aliphatic rings. The number of piperidine rings is 1. The van der Waals surface area contributed by atoms with Crippen LogP contribution < -0.4 is 5.32 Å². The summed E-state index contributed by atoms with van der Waals surface area (Å²) in [5.41, 5.74) is 1.93. The molecule has 144 valence electrons. The molecule has 1 fully saturated rings. The standard InChI is InChI=1S/C20H25FN4O2/c1-13-19(20(27)22-12-16-5-4-6-17(21)11-16)23-14(2)25(13)18-7-9-24(10-8-18)15(3)26/h4-6,11,18H,7-10,12H2,1-3H3,(H,22,27). The number of hydrogen-bond donors (Lipinski definition) is 1. The zero-order chi connectivity index (χ0) is 19.6. The number of benzene rings is 1. The van der Waals surface area contributed by atoms with Crippen LogP contribution in [0.25, 0.3) is 0 Å². The van der Waals surface area contributed by atoms with Crippen molar-refractivity contribution >= 4 is 11.8 Å². The van der Waals surface area contributed by atoms with Crippen molar-refractivity contribution in [3.05, 3.63) is 52.9 Å². The number of hydrogen-bond acceptors (Lipinski definition) is 3. The minimum Gasteiger partial charge on any atom is -0.347 e. The highest BCUT2D eigenvalue weighted by molar-refractivity contribution is 5.93. The Morgan fingerprint density at radius 3 is 2.59 bits per heavy atom. The lowest BCUT2D eigenvalue weighted by molar-refractivity contribution is -0.130. The van der Waals surface area contributed by atoms with Gasteiger partial charge in [0.1, 0.15) is 17.3 Å². The first-order chi connectivity index (χ1) is 12.9. The van der Waals surface area contributed by atoms with Gasteiger partial charge in [-0.1, -0.05) is 12.1 Å². The third kappa shape index (κ3) is 4.18. The summed E-state index contributed by atoms with van der Waals surface area (Å²) in [5.74, 6) is 0.310. The lowest BCUT2D eigenvalue weighted by Crippen LogP contribution is -2.38. The second-order valence-corrected chi connectivity index (χ2v) is 7.01. The zero-order valence-electron chi connectivity index (χ0n) is 16.0. The van der Waals surface area contributed by atoms with E-state index in [1.807, 2.05) is 18.7 Å². The predicted molar refractivity (Wildman–Crippen MR) is 99.8 cm³/mol. The van der Waals surface area contributed by atoms with Crippen LogP contribution in [-0.2, 0) is 11.3 Å². The first-order valence-corrected chi connectivity index (χ1v) is 9.20. The molecule has 2 aromatic rings. The van der Waals surface area contributed by atoms with E-state index < -0.39 is 0 Å². The van der Waals surface area contributed by atoms with Gasteiger partial charge in [-0.25, -0.2) is 9.37 Å². The molecule has 3 rings (SSSR count). The minimum atomic E-state index is -0.324. The summed E-state index contributed by atoms with van der Waals surface area (Å²) in [6, 6.07) is 6.40. The summed E-state index contributed by atoms with van der Waals surface area (Å²) in [7, 11) is 0. The Hall–Kier alpha value is -2.70. The van der Waals surface area contributed by atoms with Crippen molar-refractivity contribution in [2.75, 3.05) is 13.1 Å². The molecular formula is C20H25FN4O2. The normalized spacial score (nSPS) is 15.0. The SMILES string of the molecule is CC(=O)N1CCC(n2c(C)nc(C(=O)NCc3cccc(F)c3)c2C)CC1. The summed E-state index contributed by atoms with van der Waals surface area (Å²) < 4.78 is 15.4. The maximum Gasteiger partial charge on any atom is 0.272 e. The number of imidazole rings is 1. The first-order valence-electron chi connectivity index (χ1n) is 9.20. The van der Waals surface area contributed by atoms with Crippen LogP contribution in [-0.4, -0.2) is 39.4 Å². The lowest BCUT2D eigenvalue weighted by Gasteiger charge is -2.33. The molecular weight excluding hydrogens is 347 g/mol.